The van der Waals surface area contributed by atoms with Gasteiger partial charge in [0.15, 0.2) is 0 Å². The Balaban J connectivity index is 1.19. The van der Waals surface area contributed by atoms with Gasteiger partial charge in [0.25, 0.3) is 5.91 Å². The molecule has 0 radical (unpaired) electrons. The number of pyridine rings is 1. The van der Waals surface area contributed by atoms with Crippen molar-refractivity contribution in [2.24, 2.45) is 5.92 Å². The van der Waals surface area contributed by atoms with Gasteiger partial charge in [-0.3, -0.25) is 14.6 Å². The molecular weight excluding hydrogens is 419 g/mol. The molecule has 7 heteroatoms. The van der Waals surface area contributed by atoms with E-state index in [1.165, 1.54) is 37.6 Å². The molecule has 2 aromatic rings. The van der Waals surface area contributed by atoms with E-state index >= 15 is 0 Å². The summed E-state index contributed by atoms with van der Waals surface area (Å²) in [5.41, 5.74) is 1.78. The maximum Gasteiger partial charge on any atom is 0.253 e. The molecule has 1 aliphatic heterocycles. The Kier molecular flexibility index (Phi) is 8.05. The Hall–Kier alpha value is -2.80. The quantitative estimate of drug-likeness (QED) is 0.671. The lowest BCUT2D eigenvalue weighted by Gasteiger charge is -2.29. The molecule has 1 saturated heterocycles. The fourth-order valence-electron chi connectivity index (χ4n) is 4.78. The van der Waals surface area contributed by atoms with E-state index in [0.29, 0.717) is 23.4 Å². The number of rotatable bonds is 7. The Bertz CT molecular complexity index is 936. The fraction of sp³-hybridized carbons (Fsp3) is 0.500. The normalized spacial score (nSPS) is 21.4. The van der Waals surface area contributed by atoms with Gasteiger partial charge >= 0.3 is 0 Å². The number of benzene rings is 1. The van der Waals surface area contributed by atoms with Crippen LogP contribution in [0.5, 0.6) is 0 Å². The molecule has 176 valence electrons. The summed E-state index contributed by atoms with van der Waals surface area (Å²) in [5, 5.41) is 6.18. The van der Waals surface area contributed by atoms with E-state index in [1.807, 2.05) is 0 Å². The van der Waals surface area contributed by atoms with Gasteiger partial charge in [-0.2, -0.15) is 0 Å². The fourth-order valence-corrected chi connectivity index (χ4v) is 4.78. The average Bonchev–Trinajstić information content (AvgIpc) is 2.85. The van der Waals surface area contributed by atoms with Gasteiger partial charge < -0.3 is 15.5 Å². The summed E-state index contributed by atoms with van der Waals surface area (Å²) in [5.74, 6) is -0.300. The highest BCUT2D eigenvalue weighted by Crippen LogP contribution is 2.25. The number of aromatic nitrogens is 1. The summed E-state index contributed by atoms with van der Waals surface area (Å²) in [6, 6.07) is 9.74. The van der Waals surface area contributed by atoms with E-state index in [9.17, 15) is 14.0 Å². The number of hydrogen-bond acceptors (Lipinski definition) is 4. The number of amides is 2. The first-order valence-electron chi connectivity index (χ1n) is 12.1. The third-order valence-electron chi connectivity index (χ3n) is 6.76. The van der Waals surface area contributed by atoms with Gasteiger partial charge in [0.05, 0.1) is 11.3 Å². The van der Waals surface area contributed by atoms with Crippen LogP contribution in [-0.2, 0) is 4.79 Å². The molecule has 1 saturated carbocycles. The molecule has 0 bridgehead atoms. The molecule has 0 unspecified atom stereocenters. The van der Waals surface area contributed by atoms with Crippen molar-refractivity contribution in [3.8, 4) is 11.3 Å². The highest BCUT2D eigenvalue weighted by molar-refractivity contribution is 5.94. The van der Waals surface area contributed by atoms with E-state index in [0.717, 1.165) is 45.3 Å². The smallest absolute Gasteiger partial charge is 0.253 e. The highest BCUT2D eigenvalue weighted by Gasteiger charge is 2.27. The molecule has 1 aliphatic carbocycles. The predicted octanol–water partition coefficient (Wildman–Crippen LogP) is 3.78. The minimum atomic E-state index is -0.317. The second kappa shape index (κ2) is 11.4. The molecule has 6 nitrogen and oxygen atoms in total. The molecule has 2 heterocycles. The molecule has 4 rings (SSSR count). The first-order valence-corrected chi connectivity index (χ1v) is 12.1. The summed E-state index contributed by atoms with van der Waals surface area (Å²) >= 11 is 0. The second-order valence-corrected chi connectivity index (χ2v) is 9.16. The van der Waals surface area contributed by atoms with Gasteiger partial charge in [-0.05, 0) is 75.9 Å². The number of halogens is 1. The van der Waals surface area contributed by atoms with Crippen molar-refractivity contribution in [3.63, 3.8) is 0 Å². The number of piperidine rings is 1. The minimum absolute atomic E-state index is 0.0340. The first kappa shape index (κ1) is 23.4. The molecule has 2 aliphatic rings. The van der Waals surface area contributed by atoms with Crippen molar-refractivity contribution < 1.29 is 14.0 Å². The SMILES string of the molecule is O=C(N[C@H]1CC[C@H](C(=O)NCCN2CCCCC2)CC1)c1ccc(-c2cccc(F)c2)nc1. The Morgan fingerprint density at radius 2 is 1.82 bits per heavy atom. The van der Waals surface area contributed by atoms with Gasteiger partial charge in [-0.25, -0.2) is 4.39 Å². The summed E-state index contributed by atoms with van der Waals surface area (Å²) in [7, 11) is 0. The van der Waals surface area contributed by atoms with E-state index in [1.54, 1.807) is 24.3 Å². The Morgan fingerprint density at radius 1 is 1.03 bits per heavy atom. The van der Waals surface area contributed by atoms with E-state index in [4.69, 9.17) is 0 Å². The molecule has 0 atom stereocenters. The van der Waals surface area contributed by atoms with E-state index in [2.05, 4.69) is 20.5 Å². The van der Waals surface area contributed by atoms with E-state index in [-0.39, 0.29) is 29.6 Å². The van der Waals surface area contributed by atoms with Gasteiger partial charge in [-0.15, -0.1) is 0 Å². The largest absolute Gasteiger partial charge is 0.355 e. The predicted molar refractivity (Wildman–Crippen MR) is 126 cm³/mol. The number of hydrogen-bond donors (Lipinski definition) is 2. The minimum Gasteiger partial charge on any atom is -0.355 e. The Morgan fingerprint density at radius 3 is 2.52 bits per heavy atom. The molecule has 0 spiro atoms. The number of carbonyl (C=O) groups excluding carboxylic acids is 2. The average molecular weight is 453 g/mol. The summed E-state index contributed by atoms with van der Waals surface area (Å²) in [6.45, 7) is 3.94. The second-order valence-electron chi connectivity index (χ2n) is 9.16. The maximum absolute atomic E-state index is 13.4. The molecule has 2 N–H and O–H groups in total. The summed E-state index contributed by atoms with van der Waals surface area (Å²) in [4.78, 5) is 31.9. The third kappa shape index (κ3) is 6.60. The van der Waals surface area contributed by atoms with Crippen LogP contribution in [0.25, 0.3) is 11.3 Å². The number of nitrogens with one attached hydrogen (secondary N) is 2. The third-order valence-corrected chi connectivity index (χ3v) is 6.76. The lowest BCUT2D eigenvalue weighted by atomic mass is 9.85. The van der Waals surface area contributed by atoms with Gasteiger partial charge in [0.2, 0.25) is 5.91 Å². The number of carbonyl (C=O) groups is 2. The first-order chi connectivity index (χ1) is 16.1. The summed E-state index contributed by atoms with van der Waals surface area (Å²) in [6.07, 6.45) is 8.54. The highest BCUT2D eigenvalue weighted by atomic mass is 19.1. The van der Waals surface area contributed by atoms with Crippen molar-refractivity contribution >= 4 is 11.8 Å². The topological polar surface area (TPSA) is 74.3 Å². The zero-order chi connectivity index (χ0) is 23.0. The van der Waals surface area contributed by atoms with Crippen LogP contribution in [0.3, 0.4) is 0 Å². The Labute approximate surface area is 195 Å². The monoisotopic (exact) mass is 452 g/mol. The maximum atomic E-state index is 13.4. The van der Waals surface area contributed by atoms with Crippen LogP contribution in [-0.4, -0.2) is 53.9 Å². The molecule has 1 aromatic carbocycles. The molecule has 1 aromatic heterocycles. The van der Waals surface area contributed by atoms with Crippen LogP contribution in [0.4, 0.5) is 4.39 Å². The standard InChI is InChI=1S/C26H33FN4O2/c27-22-6-4-5-20(17-22)24-12-9-21(18-29-24)26(33)30-23-10-7-19(8-11-23)25(32)28-13-16-31-14-2-1-3-15-31/h4-6,9,12,17-19,23H,1-3,7-8,10-11,13-16H2,(H,28,32)(H,30,33)/t19-,23-. The molecule has 2 amide bonds. The van der Waals surface area contributed by atoms with Crippen LogP contribution in [0, 0.1) is 11.7 Å². The van der Waals surface area contributed by atoms with Crippen LogP contribution < -0.4 is 10.6 Å². The van der Waals surface area contributed by atoms with E-state index < -0.39 is 0 Å². The molecular formula is C26H33FN4O2. The van der Waals surface area contributed by atoms with Gasteiger partial charge in [-0.1, -0.05) is 18.6 Å². The lowest BCUT2D eigenvalue weighted by molar-refractivity contribution is -0.126. The van der Waals surface area contributed by atoms with Crippen molar-refractivity contribution in [1.82, 2.24) is 20.5 Å². The van der Waals surface area contributed by atoms with Crippen molar-refractivity contribution in [2.45, 2.75) is 51.0 Å². The zero-order valence-electron chi connectivity index (χ0n) is 19.1. The van der Waals surface area contributed by atoms with Crippen LogP contribution in [0.2, 0.25) is 0 Å². The number of likely N-dealkylation sites (tertiary alicyclic amines) is 1. The van der Waals surface area contributed by atoms with Crippen molar-refractivity contribution in [1.29, 1.82) is 0 Å². The zero-order valence-corrected chi connectivity index (χ0v) is 19.1. The number of nitrogens with zero attached hydrogens (tertiary/aromatic N) is 2. The van der Waals surface area contributed by atoms with Gasteiger partial charge in [0, 0.05) is 36.8 Å². The van der Waals surface area contributed by atoms with Crippen LogP contribution in [0.1, 0.15) is 55.3 Å². The molecule has 33 heavy (non-hydrogen) atoms. The van der Waals surface area contributed by atoms with Crippen LogP contribution in [0.15, 0.2) is 42.6 Å². The van der Waals surface area contributed by atoms with Crippen molar-refractivity contribution in [3.05, 3.63) is 54.0 Å². The van der Waals surface area contributed by atoms with Crippen molar-refractivity contribution in [2.75, 3.05) is 26.2 Å². The molecule has 2 fully saturated rings. The van der Waals surface area contributed by atoms with Crippen LogP contribution >= 0.6 is 0 Å². The lowest BCUT2D eigenvalue weighted by Crippen LogP contribution is -2.43. The van der Waals surface area contributed by atoms with Gasteiger partial charge in [0.1, 0.15) is 5.82 Å². The summed E-state index contributed by atoms with van der Waals surface area (Å²) < 4.78 is 13.4.